The Morgan fingerprint density at radius 2 is 1.80 bits per heavy atom. The van der Waals surface area contributed by atoms with Crippen LogP contribution in [0.15, 0.2) is 47.4 Å². The molecule has 4 nitrogen and oxygen atoms in total. The van der Waals surface area contributed by atoms with E-state index < -0.39 is 15.8 Å². The number of anilines is 2. The van der Waals surface area contributed by atoms with Gasteiger partial charge in [-0.2, -0.15) is 0 Å². The number of halogens is 1. The van der Waals surface area contributed by atoms with Crippen molar-refractivity contribution in [1.82, 2.24) is 0 Å². The van der Waals surface area contributed by atoms with Crippen LogP contribution in [0.2, 0.25) is 0 Å². The molecule has 0 fully saturated rings. The summed E-state index contributed by atoms with van der Waals surface area (Å²) in [4.78, 5) is 0.152. The molecule has 0 spiro atoms. The zero-order chi connectivity index (χ0) is 14.9. The molecule has 0 radical (unpaired) electrons. The van der Waals surface area contributed by atoms with E-state index in [0.717, 1.165) is 10.4 Å². The number of rotatable bonds is 3. The standard InChI is InChI=1S/C14H15FN2O2S/c1-10-5-3-4-6-14(10)20(18,19)17(2)13-8-7-11(16)9-12(13)15/h3-9H,16H2,1-2H3. The summed E-state index contributed by atoms with van der Waals surface area (Å²) in [7, 11) is -2.49. The maximum Gasteiger partial charge on any atom is 0.264 e. The van der Waals surface area contributed by atoms with Crippen LogP contribution in [-0.4, -0.2) is 15.5 Å². The lowest BCUT2D eigenvalue weighted by atomic mass is 10.2. The van der Waals surface area contributed by atoms with Crippen molar-refractivity contribution < 1.29 is 12.8 Å². The van der Waals surface area contributed by atoms with Crippen LogP contribution in [0.5, 0.6) is 0 Å². The van der Waals surface area contributed by atoms with Crippen molar-refractivity contribution in [2.75, 3.05) is 17.1 Å². The fraction of sp³-hybridized carbons (Fsp3) is 0.143. The average Bonchev–Trinajstić information content (AvgIpc) is 2.38. The first-order chi connectivity index (χ1) is 9.34. The molecule has 2 aromatic rings. The first-order valence-electron chi connectivity index (χ1n) is 5.93. The maximum absolute atomic E-state index is 13.9. The Labute approximate surface area is 117 Å². The Morgan fingerprint density at radius 1 is 1.15 bits per heavy atom. The van der Waals surface area contributed by atoms with Crippen LogP contribution in [0.1, 0.15) is 5.56 Å². The predicted molar refractivity (Wildman–Crippen MR) is 77.6 cm³/mol. The third-order valence-electron chi connectivity index (χ3n) is 3.04. The Bertz CT molecular complexity index is 745. The molecule has 0 unspecified atom stereocenters. The SMILES string of the molecule is Cc1ccccc1S(=O)(=O)N(C)c1ccc(N)cc1F. The van der Waals surface area contributed by atoms with Crippen LogP contribution in [0, 0.1) is 12.7 Å². The van der Waals surface area contributed by atoms with Crippen LogP contribution in [0.4, 0.5) is 15.8 Å². The van der Waals surface area contributed by atoms with Gasteiger partial charge in [0.05, 0.1) is 10.6 Å². The Kier molecular flexibility index (Phi) is 3.67. The van der Waals surface area contributed by atoms with Crippen molar-refractivity contribution in [2.24, 2.45) is 0 Å². The van der Waals surface area contributed by atoms with Crippen molar-refractivity contribution in [3.8, 4) is 0 Å². The lowest BCUT2D eigenvalue weighted by molar-refractivity contribution is 0.589. The van der Waals surface area contributed by atoms with E-state index in [4.69, 9.17) is 5.73 Å². The molecule has 0 aromatic heterocycles. The van der Waals surface area contributed by atoms with E-state index in [-0.39, 0.29) is 16.3 Å². The number of nitrogens with zero attached hydrogens (tertiary/aromatic N) is 1. The quantitative estimate of drug-likeness (QED) is 0.885. The molecule has 2 rings (SSSR count). The minimum atomic E-state index is -3.81. The minimum absolute atomic E-state index is 0.0394. The first kappa shape index (κ1) is 14.3. The van der Waals surface area contributed by atoms with E-state index >= 15 is 0 Å². The topological polar surface area (TPSA) is 63.4 Å². The lowest BCUT2D eigenvalue weighted by Gasteiger charge is -2.21. The van der Waals surface area contributed by atoms with E-state index in [1.54, 1.807) is 25.1 Å². The zero-order valence-electron chi connectivity index (χ0n) is 11.2. The molecule has 0 amide bonds. The average molecular weight is 294 g/mol. The van der Waals surface area contributed by atoms with E-state index in [9.17, 15) is 12.8 Å². The zero-order valence-corrected chi connectivity index (χ0v) is 12.0. The molecular weight excluding hydrogens is 279 g/mol. The summed E-state index contributed by atoms with van der Waals surface area (Å²) in [6.45, 7) is 1.69. The van der Waals surface area contributed by atoms with Gasteiger partial charge in [0.25, 0.3) is 10.0 Å². The van der Waals surface area contributed by atoms with Crippen LogP contribution < -0.4 is 10.0 Å². The Morgan fingerprint density at radius 3 is 2.40 bits per heavy atom. The van der Waals surface area contributed by atoms with Crippen molar-refractivity contribution in [3.05, 3.63) is 53.8 Å². The van der Waals surface area contributed by atoms with E-state index in [1.807, 2.05) is 0 Å². The fourth-order valence-corrected chi connectivity index (χ4v) is 3.33. The third kappa shape index (κ3) is 2.46. The van der Waals surface area contributed by atoms with Gasteiger partial charge in [0, 0.05) is 12.7 Å². The van der Waals surface area contributed by atoms with Crippen molar-refractivity contribution in [2.45, 2.75) is 11.8 Å². The molecule has 0 saturated carbocycles. The van der Waals surface area contributed by atoms with Crippen LogP contribution in [0.25, 0.3) is 0 Å². The second-order valence-corrected chi connectivity index (χ2v) is 6.39. The Balaban J connectivity index is 2.52. The molecule has 0 bridgehead atoms. The van der Waals surface area contributed by atoms with Gasteiger partial charge in [-0.3, -0.25) is 4.31 Å². The van der Waals surface area contributed by atoms with Crippen molar-refractivity contribution in [1.29, 1.82) is 0 Å². The normalized spacial score (nSPS) is 11.3. The van der Waals surface area contributed by atoms with Gasteiger partial charge < -0.3 is 5.73 Å². The van der Waals surface area contributed by atoms with Crippen LogP contribution in [-0.2, 0) is 10.0 Å². The summed E-state index contributed by atoms with van der Waals surface area (Å²) in [5, 5.41) is 0. The number of sulfonamides is 1. The summed E-state index contributed by atoms with van der Waals surface area (Å²) in [5.41, 5.74) is 6.27. The molecule has 106 valence electrons. The highest BCUT2D eigenvalue weighted by Gasteiger charge is 2.24. The van der Waals surface area contributed by atoms with Gasteiger partial charge in [0.1, 0.15) is 5.82 Å². The number of nitrogens with two attached hydrogens (primary N) is 1. The molecule has 2 N–H and O–H groups in total. The summed E-state index contributed by atoms with van der Waals surface area (Å²) >= 11 is 0. The number of aryl methyl sites for hydroxylation is 1. The number of nitrogen functional groups attached to an aromatic ring is 1. The van der Waals surface area contributed by atoms with E-state index in [2.05, 4.69) is 0 Å². The third-order valence-corrected chi connectivity index (χ3v) is 4.97. The van der Waals surface area contributed by atoms with Gasteiger partial charge in [0.15, 0.2) is 0 Å². The molecule has 0 aliphatic carbocycles. The van der Waals surface area contributed by atoms with E-state index in [1.165, 1.54) is 25.2 Å². The molecule has 20 heavy (non-hydrogen) atoms. The highest BCUT2D eigenvalue weighted by atomic mass is 32.2. The minimum Gasteiger partial charge on any atom is -0.399 e. The van der Waals surface area contributed by atoms with Gasteiger partial charge in [-0.1, -0.05) is 18.2 Å². The summed E-state index contributed by atoms with van der Waals surface area (Å²) < 4.78 is 39.8. The van der Waals surface area contributed by atoms with Gasteiger partial charge >= 0.3 is 0 Å². The van der Waals surface area contributed by atoms with Crippen LogP contribution >= 0.6 is 0 Å². The molecular formula is C14H15FN2O2S. The molecule has 6 heteroatoms. The summed E-state index contributed by atoms with van der Waals surface area (Å²) in [6.07, 6.45) is 0. The second kappa shape index (κ2) is 5.13. The summed E-state index contributed by atoms with van der Waals surface area (Å²) in [6, 6.07) is 10.5. The number of hydrogen-bond acceptors (Lipinski definition) is 3. The smallest absolute Gasteiger partial charge is 0.264 e. The molecule has 0 atom stereocenters. The molecule has 0 aliphatic heterocycles. The van der Waals surface area contributed by atoms with Crippen LogP contribution in [0.3, 0.4) is 0 Å². The predicted octanol–water partition coefficient (Wildman–Crippen LogP) is 2.54. The van der Waals surface area contributed by atoms with Gasteiger partial charge in [-0.05, 0) is 36.8 Å². The fourth-order valence-electron chi connectivity index (χ4n) is 1.90. The van der Waals surface area contributed by atoms with Gasteiger partial charge in [-0.25, -0.2) is 12.8 Å². The van der Waals surface area contributed by atoms with Gasteiger partial charge in [0.2, 0.25) is 0 Å². The molecule has 0 aliphatic rings. The maximum atomic E-state index is 13.9. The number of hydrogen-bond donors (Lipinski definition) is 1. The molecule has 2 aromatic carbocycles. The highest BCUT2D eigenvalue weighted by Crippen LogP contribution is 2.27. The molecule has 0 heterocycles. The van der Waals surface area contributed by atoms with E-state index in [0.29, 0.717) is 5.56 Å². The van der Waals surface area contributed by atoms with Crippen molar-refractivity contribution in [3.63, 3.8) is 0 Å². The highest BCUT2D eigenvalue weighted by molar-refractivity contribution is 7.92. The lowest BCUT2D eigenvalue weighted by Crippen LogP contribution is -2.28. The molecule has 0 saturated heterocycles. The Hall–Kier alpha value is -2.08. The first-order valence-corrected chi connectivity index (χ1v) is 7.37. The largest absolute Gasteiger partial charge is 0.399 e. The van der Waals surface area contributed by atoms with Crippen molar-refractivity contribution >= 4 is 21.4 Å². The van der Waals surface area contributed by atoms with Gasteiger partial charge in [-0.15, -0.1) is 0 Å². The summed E-state index contributed by atoms with van der Waals surface area (Å²) in [5.74, 6) is -0.676. The monoisotopic (exact) mass is 294 g/mol. The number of benzene rings is 2. The second-order valence-electron chi connectivity index (χ2n) is 4.45.